The van der Waals surface area contributed by atoms with Crippen molar-refractivity contribution >= 4 is 17.6 Å². The van der Waals surface area contributed by atoms with E-state index in [0.717, 1.165) is 0 Å². The number of carbonyl (C=O) groups is 1. The van der Waals surface area contributed by atoms with Crippen LogP contribution in [0.4, 0.5) is 0 Å². The second-order valence-electron chi connectivity index (χ2n) is 3.76. The third-order valence-corrected chi connectivity index (χ3v) is 2.62. The maximum absolute atomic E-state index is 10.4. The Morgan fingerprint density at radius 3 is 2.58 bits per heavy atom. The van der Waals surface area contributed by atoms with Crippen LogP contribution in [-0.2, 0) is 11.2 Å². The number of carboxylic acids is 1. The summed E-state index contributed by atoms with van der Waals surface area (Å²) in [5.74, 6) is 0.562. The summed E-state index contributed by atoms with van der Waals surface area (Å²) in [7, 11) is 0. The molecule has 19 heavy (non-hydrogen) atoms. The largest absolute Gasteiger partial charge is 0.481 e. The van der Waals surface area contributed by atoms with Gasteiger partial charge in [0.05, 0.1) is 23.8 Å². The predicted octanol–water partition coefficient (Wildman–Crippen LogP) is 2.94. The molecule has 0 amide bonds. The van der Waals surface area contributed by atoms with Crippen molar-refractivity contribution in [2.45, 2.75) is 12.8 Å². The average molecular weight is 279 g/mol. The maximum atomic E-state index is 10.4. The van der Waals surface area contributed by atoms with E-state index in [9.17, 15) is 4.79 Å². The van der Waals surface area contributed by atoms with Gasteiger partial charge in [0.1, 0.15) is 11.6 Å². The Bertz CT molecular complexity index is 572. The first-order chi connectivity index (χ1) is 9.15. The molecule has 98 valence electrons. The summed E-state index contributed by atoms with van der Waals surface area (Å²) >= 11 is 5.96. The number of rotatable bonds is 5. The quantitative estimate of drug-likeness (QED) is 0.910. The van der Waals surface area contributed by atoms with Crippen molar-refractivity contribution in [1.82, 2.24) is 9.97 Å². The molecule has 0 aliphatic rings. The fraction of sp³-hybridized carbons (Fsp3) is 0.154. The molecule has 0 fully saturated rings. The van der Waals surface area contributed by atoms with Gasteiger partial charge in [-0.05, 0) is 12.1 Å². The van der Waals surface area contributed by atoms with Gasteiger partial charge < -0.3 is 9.84 Å². The monoisotopic (exact) mass is 278 g/mol. The molecule has 0 unspecified atom stereocenters. The number of halogens is 1. The molecule has 1 aromatic heterocycles. The SMILES string of the molecule is O=C(O)CCc1ncc(Oc2ccccc2Cl)cn1. The molecule has 0 bridgehead atoms. The zero-order valence-corrected chi connectivity index (χ0v) is 10.7. The van der Waals surface area contributed by atoms with E-state index in [1.54, 1.807) is 18.2 Å². The molecule has 2 aromatic rings. The minimum atomic E-state index is -0.875. The van der Waals surface area contributed by atoms with Gasteiger partial charge >= 0.3 is 5.97 Å². The third kappa shape index (κ3) is 3.93. The van der Waals surface area contributed by atoms with Crippen LogP contribution in [0.15, 0.2) is 36.7 Å². The molecule has 0 aliphatic carbocycles. The Morgan fingerprint density at radius 1 is 1.26 bits per heavy atom. The summed E-state index contributed by atoms with van der Waals surface area (Å²) in [4.78, 5) is 18.5. The molecule has 0 saturated heterocycles. The molecule has 0 saturated carbocycles. The van der Waals surface area contributed by atoms with E-state index < -0.39 is 5.97 Å². The Balaban J connectivity index is 2.03. The van der Waals surface area contributed by atoms with Crippen molar-refractivity contribution in [2.24, 2.45) is 0 Å². The predicted molar refractivity (Wildman–Crippen MR) is 69.5 cm³/mol. The lowest BCUT2D eigenvalue weighted by Gasteiger charge is -2.06. The standard InChI is InChI=1S/C13H11ClN2O3/c14-10-3-1-2-4-11(10)19-9-7-15-12(16-8-9)5-6-13(17)18/h1-4,7-8H,5-6H2,(H,17,18). The zero-order chi connectivity index (χ0) is 13.7. The fourth-order valence-electron chi connectivity index (χ4n) is 1.40. The highest BCUT2D eigenvalue weighted by Crippen LogP contribution is 2.27. The van der Waals surface area contributed by atoms with E-state index in [4.69, 9.17) is 21.4 Å². The van der Waals surface area contributed by atoms with Crippen LogP contribution in [-0.4, -0.2) is 21.0 Å². The summed E-state index contributed by atoms with van der Waals surface area (Å²) in [5.41, 5.74) is 0. The third-order valence-electron chi connectivity index (χ3n) is 2.31. The number of ether oxygens (including phenoxy) is 1. The molecule has 0 spiro atoms. The van der Waals surface area contributed by atoms with Crippen LogP contribution in [0.2, 0.25) is 5.02 Å². The summed E-state index contributed by atoms with van der Waals surface area (Å²) in [5, 5.41) is 9.06. The van der Waals surface area contributed by atoms with Crippen LogP contribution >= 0.6 is 11.6 Å². The summed E-state index contributed by atoms with van der Waals surface area (Å²) in [6.07, 6.45) is 3.29. The molecule has 0 radical (unpaired) electrons. The Hall–Kier alpha value is -2.14. The minimum absolute atomic E-state index is 0.00468. The van der Waals surface area contributed by atoms with E-state index in [-0.39, 0.29) is 6.42 Å². The van der Waals surface area contributed by atoms with Gasteiger partial charge in [0.2, 0.25) is 0 Å². The fourth-order valence-corrected chi connectivity index (χ4v) is 1.57. The van der Waals surface area contributed by atoms with E-state index in [1.807, 2.05) is 6.07 Å². The molecule has 5 nitrogen and oxygen atoms in total. The van der Waals surface area contributed by atoms with Crippen molar-refractivity contribution in [2.75, 3.05) is 0 Å². The first kappa shape index (κ1) is 13.3. The lowest BCUT2D eigenvalue weighted by molar-refractivity contribution is -0.137. The van der Waals surface area contributed by atoms with Gasteiger partial charge in [-0.2, -0.15) is 0 Å². The van der Waals surface area contributed by atoms with Gasteiger partial charge in [-0.3, -0.25) is 4.79 Å². The van der Waals surface area contributed by atoms with Gasteiger partial charge in [-0.15, -0.1) is 0 Å². The lowest BCUT2D eigenvalue weighted by atomic mass is 10.3. The first-order valence-electron chi connectivity index (χ1n) is 5.60. The van der Waals surface area contributed by atoms with Crippen LogP contribution in [0.1, 0.15) is 12.2 Å². The molecule has 1 heterocycles. The molecular formula is C13H11ClN2O3. The summed E-state index contributed by atoms with van der Waals surface area (Å²) in [6, 6.07) is 7.07. The number of aryl methyl sites for hydroxylation is 1. The highest BCUT2D eigenvalue weighted by molar-refractivity contribution is 6.32. The molecule has 6 heteroatoms. The minimum Gasteiger partial charge on any atom is -0.481 e. The van der Waals surface area contributed by atoms with Crippen molar-refractivity contribution in [3.8, 4) is 11.5 Å². The van der Waals surface area contributed by atoms with E-state index in [1.165, 1.54) is 12.4 Å². The van der Waals surface area contributed by atoms with Gasteiger partial charge in [0.15, 0.2) is 5.75 Å². The average Bonchev–Trinajstić information content (AvgIpc) is 2.40. The molecule has 1 N–H and O–H groups in total. The number of carboxylic acid groups (broad SMARTS) is 1. The van der Waals surface area contributed by atoms with Crippen LogP contribution in [0.25, 0.3) is 0 Å². The van der Waals surface area contributed by atoms with Gasteiger partial charge in [0, 0.05) is 6.42 Å². The Morgan fingerprint density at radius 2 is 1.95 bits per heavy atom. The first-order valence-corrected chi connectivity index (χ1v) is 5.98. The van der Waals surface area contributed by atoms with Crippen molar-refractivity contribution in [1.29, 1.82) is 0 Å². The van der Waals surface area contributed by atoms with Gasteiger partial charge in [-0.1, -0.05) is 23.7 Å². The number of para-hydroxylation sites is 1. The highest BCUT2D eigenvalue weighted by atomic mass is 35.5. The number of hydrogen-bond acceptors (Lipinski definition) is 4. The molecule has 0 aliphatic heterocycles. The number of nitrogens with zero attached hydrogens (tertiary/aromatic N) is 2. The van der Waals surface area contributed by atoms with E-state index in [2.05, 4.69) is 9.97 Å². The molecule has 0 atom stereocenters. The summed E-state index contributed by atoms with van der Waals surface area (Å²) < 4.78 is 5.52. The second kappa shape index (κ2) is 6.15. The number of hydrogen-bond donors (Lipinski definition) is 1. The van der Waals surface area contributed by atoms with E-state index >= 15 is 0 Å². The van der Waals surface area contributed by atoms with Crippen LogP contribution in [0.3, 0.4) is 0 Å². The van der Waals surface area contributed by atoms with E-state index in [0.29, 0.717) is 28.8 Å². The molecular weight excluding hydrogens is 268 g/mol. The van der Waals surface area contributed by atoms with Crippen LogP contribution in [0.5, 0.6) is 11.5 Å². The second-order valence-corrected chi connectivity index (χ2v) is 4.17. The summed E-state index contributed by atoms with van der Waals surface area (Å²) in [6.45, 7) is 0. The highest BCUT2D eigenvalue weighted by Gasteiger charge is 2.05. The molecule has 1 aromatic carbocycles. The van der Waals surface area contributed by atoms with Crippen molar-refractivity contribution < 1.29 is 14.6 Å². The lowest BCUT2D eigenvalue weighted by Crippen LogP contribution is -2.01. The topological polar surface area (TPSA) is 72.3 Å². The van der Waals surface area contributed by atoms with Crippen molar-refractivity contribution in [3.63, 3.8) is 0 Å². The number of benzene rings is 1. The number of aromatic nitrogens is 2. The smallest absolute Gasteiger partial charge is 0.303 e. The Kier molecular flexibility index (Phi) is 4.30. The van der Waals surface area contributed by atoms with Crippen molar-refractivity contribution in [3.05, 3.63) is 47.5 Å². The number of aliphatic carboxylic acids is 1. The van der Waals surface area contributed by atoms with Crippen LogP contribution < -0.4 is 4.74 Å². The van der Waals surface area contributed by atoms with Gasteiger partial charge in [-0.25, -0.2) is 9.97 Å². The maximum Gasteiger partial charge on any atom is 0.303 e. The zero-order valence-electron chi connectivity index (χ0n) is 9.91. The normalized spacial score (nSPS) is 10.2. The van der Waals surface area contributed by atoms with Crippen LogP contribution in [0, 0.1) is 0 Å². The van der Waals surface area contributed by atoms with Gasteiger partial charge in [0.25, 0.3) is 0 Å². The molecule has 2 rings (SSSR count). The Labute approximate surface area is 114 Å².